The van der Waals surface area contributed by atoms with Crippen LogP contribution in [-0.2, 0) is 14.3 Å². The molecule has 0 aromatic rings. The van der Waals surface area contributed by atoms with Gasteiger partial charge < -0.3 is 55.1 Å². The zero-order valence-corrected chi connectivity index (χ0v) is 12.0. The van der Waals surface area contributed by atoms with E-state index < -0.39 is 68.3 Å². The van der Waals surface area contributed by atoms with Crippen LogP contribution in [-0.4, -0.2) is 115 Å². The van der Waals surface area contributed by atoms with Crippen LogP contribution in [0.1, 0.15) is 0 Å². The summed E-state index contributed by atoms with van der Waals surface area (Å²) in [6.45, 7) is -1.37. The lowest BCUT2D eigenvalue weighted by atomic mass is 9.99. The standard InChI is InChI=1S/C12H22O11/c13-1-4(15)7(17)8(18)5(16)3-22-12-11(21)10(20)9(19)6(2-14)23-12/h1,4-12,14-21H,2-3H2/t4-,5+,6+,7-,8+,9+,10-,11+,12-/m0/s1. The normalized spacial score (nSPS) is 37.0. The minimum Gasteiger partial charge on any atom is -0.394 e. The third-order valence-corrected chi connectivity index (χ3v) is 3.51. The van der Waals surface area contributed by atoms with Crippen LogP contribution in [0.15, 0.2) is 0 Å². The van der Waals surface area contributed by atoms with Crippen molar-refractivity contribution in [2.24, 2.45) is 0 Å². The smallest absolute Gasteiger partial charge is 0.186 e. The largest absolute Gasteiger partial charge is 0.394 e. The summed E-state index contributed by atoms with van der Waals surface area (Å²) in [5, 5.41) is 75.4. The van der Waals surface area contributed by atoms with Crippen molar-refractivity contribution in [3.8, 4) is 0 Å². The number of aliphatic hydroxyl groups is 8. The molecule has 1 fully saturated rings. The topological polar surface area (TPSA) is 197 Å². The molecule has 0 aromatic heterocycles. The highest BCUT2D eigenvalue weighted by atomic mass is 16.7. The van der Waals surface area contributed by atoms with Crippen LogP contribution >= 0.6 is 0 Å². The predicted molar refractivity (Wildman–Crippen MR) is 69.8 cm³/mol. The number of carbonyl (C=O) groups is 1. The fraction of sp³-hybridized carbons (Fsp3) is 0.917. The van der Waals surface area contributed by atoms with Gasteiger partial charge in [-0.25, -0.2) is 0 Å². The second-order valence-electron chi connectivity index (χ2n) is 5.21. The lowest BCUT2D eigenvalue weighted by molar-refractivity contribution is -0.306. The molecular formula is C12H22O11. The van der Waals surface area contributed by atoms with Crippen LogP contribution in [0.2, 0.25) is 0 Å². The highest BCUT2D eigenvalue weighted by molar-refractivity contribution is 5.56. The summed E-state index contributed by atoms with van der Waals surface area (Å²) >= 11 is 0. The Balaban J connectivity index is 2.57. The van der Waals surface area contributed by atoms with Crippen LogP contribution < -0.4 is 0 Å². The van der Waals surface area contributed by atoms with Gasteiger partial charge in [0.15, 0.2) is 12.6 Å². The van der Waals surface area contributed by atoms with Crippen molar-refractivity contribution in [3.63, 3.8) is 0 Å². The number of ether oxygens (including phenoxy) is 2. The second-order valence-corrected chi connectivity index (χ2v) is 5.21. The fourth-order valence-corrected chi connectivity index (χ4v) is 2.01. The average molecular weight is 342 g/mol. The molecule has 0 aromatic carbocycles. The number of rotatable bonds is 8. The first-order valence-corrected chi connectivity index (χ1v) is 6.84. The summed E-state index contributed by atoms with van der Waals surface area (Å²) in [7, 11) is 0. The van der Waals surface area contributed by atoms with Crippen molar-refractivity contribution in [2.75, 3.05) is 13.2 Å². The molecule has 1 heterocycles. The van der Waals surface area contributed by atoms with Gasteiger partial charge in [-0.2, -0.15) is 0 Å². The van der Waals surface area contributed by atoms with Crippen LogP contribution in [0.25, 0.3) is 0 Å². The van der Waals surface area contributed by atoms with E-state index in [0.717, 1.165) is 0 Å². The number of carbonyl (C=O) groups excluding carboxylic acids is 1. The third-order valence-electron chi connectivity index (χ3n) is 3.51. The molecule has 9 atom stereocenters. The van der Waals surface area contributed by atoms with Crippen molar-refractivity contribution in [1.82, 2.24) is 0 Å². The summed E-state index contributed by atoms with van der Waals surface area (Å²) in [4.78, 5) is 10.3. The van der Waals surface area contributed by atoms with E-state index >= 15 is 0 Å². The Morgan fingerprint density at radius 3 is 2.13 bits per heavy atom. The number of hydrogen-bond acceptors (Lipinski definition) is 11. The van der Waals surface area contributed by atoms with E-state index in [0.29, 0.717) is 0 Å². The summed E-state index contributed by atoms with van der Waals surface area (Å²) in [5.41, 5.74) is 0. The van der Waals surface area contributed by atoms with Crippen molar-refractivity contribution < 1.29 is 55.1 Å². The van der Waals surface area contributed by atoms with E-state index in [1.54, 1.807) is 0 Å². The quantitative estimate of drug-likeness (QED) is 0.196. The summed E-state index contributed by atoms with van der Waals surface area (Å²) in [5.74, 6) is 0. The van der Waals surface area contributed by atoms with Gasteiger partial charge in [0.2, 0.25) is 0 Å². The maximum atomic E-state index is 10.3. The Kier molecular flexibility index (Phi) is 7.89. The Morgan fingerprint density at radius 2 is 1.61 bits per heavy atom. The van der Waals surface area contributed by atoms with Crippen LogP contribution in [0.4, 0.5) is 0 Å². The average Bonchev–Trinajstić information content (AvgIpc) is 2.56. The monoisotopic (exact) mass is 342 g/mol. The first kappa shape index (κ1) is 20.3. The molecule has 11 heteroatoms. The molecule has 1 aliphatic rings. The van der Waals surface area contributed by atoms with E-state index in [1.807, 2.05) is 0 Å². The maximum Gasteiger partial charge on any atom is 0.186 e. The fourth-order valence-electron chi connectivity index (χ4n) is 2.01. The zero-order valence-electron chi connectivity index (χ0n) is 12.0. The molecule has 0 amide bonds. The predicted octanol–water partition coefficient (Wildman–Crippen LogP) is -5.55. The third kappa shape index (κ3) is 4.87. The number of hydrogen-bond donors (Lipinski definition) is 8. The van der Waals surface area contributed by atoms with Crippen LogP contribution in [0.5, 0.6) is 0 Å². The van der Waals surface area contributed by atoms with Crippen LogP contribution in [0.3, 0.4) is 0 Å². The minimum absolute atomic E-state index is 0.0287. The Bertz CT molecular complexity index is 365. The van der Waals surface area contributed by atoms with Gasteiger partial charge in [0.1, 0.15) is 48.8 Å². The molecule has 0 saturated carbocycles. The Labute approximate surface area is 130 Å². The molecule has 1 saturated heterocycles. The highest BCUT2D eigenvalue weighted by Crippen LogP contribution is 2.22. The molecule has 136 valence electrons. The van der Waals surface area contributed by atoms with E-state index in [4.69, 9.17) is 19.7 Å². The molecule has 0 radical (unpaired) electrons. The molecule has 0 bridgehead atoms. The minimum atomic E-state index is -1.96. The van der Waals surface area contributed by atoms with E-state index in [1.165, 1.54) is 0 Å². The van der Waals surface area contributed by atoms with Gasteiger partial charge in [-0.15, -0.1) is 0 Å². The van der Waals surface area contributed by atoms with Gasteiger partial charge in [-0.1, -0.05) is 0 Å². The van der Waals surface area contributed by atoms with Crippen molar-refractivity contribution in [2.45, 2.75) is 55.1 Å². The van der Waals surface area contributed by atoms with Gasteiger partial charge in [-0.05, 0) is 0 Å². The van der Waals surface area contributed by atoms with Crippen molar-refractivity contribution >= 4 is 6.29 Å². The number of aldehydes is 1. The van der Waals surface area contributed by atoms with Gasteiger partial charge >= 0.3 is 0 Å². The second kappa shape index (κ2) is 8.94. The first-order valence-electron chi connectivity index (χ1n) is 6.84. The Morgan fingerprint density at radius 1 is 1.00 bits per heavy atom. The summed E-state index contributed by atoms with van der Waals surface area (Å²) in [6, 6.07) is 0. The molecule has 0 spiro atoms. The van der Waals surface area contributed by atoms with E-state index in [9.17, 15) is 35.4 Å². The summed E-state index contributed by atoms with van der Waals surface area (Å²) < 4.78 is 9.94. The zero-order chi connectivity index (χ0) is 17.7. The lowest BCUT2D eigenvalue weighted by Gasteiger charge is -2.40. The van der Waals surface area contributed by atoms with Crippen LogP contribution in [0, 0.1) is 0 Å². The molecular weight excluding hydrogens is 320 g/mol. The number of aliphatic hydroxyl groups excluding tert-OH is 8. The molecule has 1 rings (SSSR count). The molecule has 8 N–H and O–H groups in total. The van der Waals surface area contributed by atoms with Gasteiger partial charge in [0.25, 0.3) is 0 Å². The molecule has 0 aliphatic carbocycles. The SMILES string of the molecule is O=C[C@H](O)[C@H](O)[C@H](O)[C@H](O)CO[C@H]1O[C@H](CO)[C@@H](O)[C@H](O)[C@H]1O. The first-order chi connectivity index (χ1) is 10.7. The van der Waals surface area contributed by atoms with Crippen molar-refractivity contribution in [3.05, 3.63) is 0 Å². The van der Waals surface area contributed by atoms with E-state index in [2.05, 4.69) is 0 Å². The van der Waals surface area contributed by atoms with Crippen molar-refractivity contribution in [1.29, 1.82) is 0 Å². The van der Waals surface area contributed by atoms with Gasteiger partial charge in [0.05, 0.1) is 13.2 Å². The molecule has 0 unspecified atom stereocenters. The molecule has 11 nitrogen and oxygen atoms in total. The Hall–Kier alpha value is -0.730. The van der Waals surface area contributed by atoms with Gasteiger partial charge in [0, 0.05) is 0 Å². The highest BCUT2D eigenvalue weighted by Gasteiger charge is 2.44. The lowest BCUT2D eigenvalue weighted by Crippen LogP contribution is -2.59. The maximum absolute atomic E-state index is 10.3. The van der Waals surface area contributed by atoms with Gasteiger partial charge in [-0.3, -0.25) is 0 Å². The van der Waals surface area contributed by atoms with E-state index in [-0.39, 0.29) is 6.29 Å². The molecule has 23 heavy (non-hydrogen) atoms. The molecule has 1 aliphatic heterocycles. The summed E-state index contributed by atoms with van der Waals surface area (Å²) in [6.07, 6.45) is -15.3.